The molecular formula is C29H28ClN3O6S2. The smallest absolute Gasteiger partial charge is 0.264 e. The van der Waals surface area contributed by atoms with E-state index in [2.05, 4.69) is 10.0 Å². The Morgan fingerprint density at radius 1 is 0.854 bits per heavy atom. The Balaban J connectivity index is 1.54. The van der Waals surface area contributed by atoms with Crippen molar-refractivity contribution in [2.24, 2.45) is 0 Å². The van der Waals surface area contributed by atoms with E-state index >= 15 is 0 Å². The standard InChI is InChI=1S/C29H28ClN3O6S2/c1-20-9-16-28(39-3)27(17-20)32-40(35,36)24-14-11-22(12-15-24)31-29(34)19-33(23-13-10-21(2)26(30)18-23)41(37,38)25-7-5-4-6-8-25/h4-18,32H,19H2,1-3H3,(H,31,34). The van der Waals surface area contributed by atoms with Gasteiger partial charge < -0.3 is 10.1 Å². The zero-order valence-corrected chi connectivity index (χ0v) is 24.8. The molecule has 12 heteroatoms. The van der Waals surface area contributed by atoms with Gasteiger partial charge in [-0.15, -0.1) is 0 Å². The van der Waals surface area contributed by atoms with Gasteiger partial charge in [0, 0.05) is 10.7 Å². The molecule has 9 nitrogen and oxygen atoms in total. The normalized spacial score (nSPS) is 11.5. The molecule has 0 aliphatic rings. The predicted octanol–water partition coefficient (Wildman–Crippen LogP) is 5.60. The van der Waals surface area contributed by atoms with Gasteiger partial charge in [-0.1, -0.05) is 41.9 Å². The molecule has 41 heavy (non-hydrogen) atoms. The summed E-state index contributed by atoms with van der Waals surface area (Å²) >= 11 is 6.26. The molecule has 0 aliphatic heterocycles. The Labute approximate surface area is 244 Å². The van der Waals surface area contributed by atoms with Gasteiger partial charge in [0.25, 0.3) is 20.0 Å². The minimum atomic E-state index is -4.12. The van der Waals surface area contributed by atoms with Crippen LogP contribution in [-0.4, -0.2) is 36.4 Å². The van der Waals surface area contributed by atoms with Crippen molar-refractivity contribution in [2.45, 2.75) is 23.6 Å². The minimum Gasteiger partial charge on any atom is -0.495 e. The first-order valence-electron chi connectivity index (χ1n) is 12.3. The highest BCUT2D eigenvalue weighted by Gasteiger charge is 2.27. The van der Waals surface area contributed by atoms with Crippen molar-refractivity contribution in [3.05, 3.63) is 107 Å². The van der Waals surface area contributed by atoms with Gasteiger partial charge in [0.05, 0.1) is 28.3 Å². The molecule has 2 N–H and O–H groups in total. The van der Waals surface area contributed by atoms with Crippen LogP contribution in [0.2, 0.25) is 5.02 Å². The Morgan fingerprint density at radius 3 is 2.17 bits per heavy atom. The number of rotatable bonds is 10. The number of nitrogens with one attached hydrogen (secondary N) is 2. The summed E-state index contributed by atoms with van der Waals surface area (Å²) in [6.07, 6.45) is 0. The van der Waals surface area contributed by atoms with E-state index in [1.54, 1.807) is 55.5 Å². The summed E-state index contributed by atoms with van der Waals surface area (Å²) in [6.45, 7) is 3.06. The average molecular weight is 614 g/mol. The SMILES string of the molecule is COc1ccc(C)cc1NS(=O)(=O)c1ccc(NC(=O)CN(c2ccc(C)c(Cl)c2)S(=O)(=O)c2ccccc2)cc1. The fourth-order valence-corrected chi connectivity index (χ4v) is 6.60. The largest absolute Gasteiger partial charge is 0.495 e. The number of ether oxygens (including phenoxy) is 1. The predicted molar refractivity (Wildman–Crippen MR) is 161 cm³/mol. The van der Waals surface area contributed by atoms with Crippen LogP contribution >= 0.6 is 11.6 Å². The number of sulfonamides is 2. The summed E-state index contributed by atoms with van der Waals surface area (Å²) < 4.78 is 61.7. The van der Waals surface area contributed by atoms with Crippen LogP contribution in [-0.2, 0) is 24.8 Å². The maximum Gasteiger partial charge on any atom is 0.264 e. The maximum atomic E-state index is 13.5. The molecule has 0 aliphatic carbocycles. The van der Waals surface area contributed by atoms with Crippen LogP contribution in [0, 0.1) is 13.8 Å². The number of benzene rings is 4. The first kappa shape index (κ1) is 29.9. The second kappa shape index (κ2) is 12.2. The second-order valence-corrected chi connectivity index (χ2v) is 13.1. The lowest BCUT2D eigenvalue weighted by atomic mass is 10.2. The number of halogens is 1. The van der Waals surface area contributed by atoms with Gasteiger partial charge in [-0.3, -0.25) is 13.8 Å². The fourth-order valence-electron chi connectivity index (χ4n) is 3.93. The number of methoxy groups -OCH3 is 1. The molecule has 0 radical (unpaired) electrons. The van der Waals surface area contributed by atoms with Crippen LogP contribution < -0.4 is 19.1 Å². The van der Waals surface area contributed by atoms with Crippen LogP contribution in [0.3, 0.4) is 0 Å². The van der Waals surface area contributed by atoms with Gasteiger partial charge in [0.1, 0.15) is 12.3 Å². The van der Waals surface area contributed by atoms with E-state index in [0.717, 1.165) is 15.4 Å². The Bertz CT molecular complexity index is 1780. The van der Waals surface area contributed by atoms with E-state index in [0.29, 0.717) is 16.5 Å². The molecule has 214 valence electrons. The summed E-state index contributed by atoms with van der Waals surface area (Å²) in [5, 5.41) is 2.98. The molecule has 0 bridgehead atoms. The first-order chi connectivity index (χ1) is 19.4. The molecule has 1 amide bonds. The summed E-state index contributed by atoms with van der Waals surface area (Å²) in [7, 11) is -6.64. The molecule has 4 aromatic rings. The highest BCUT2D eigenvalue weighted by atomic mass is 35.5. The third-order valence-corrected chi connectivity index (χ3v) is 9.69. The van der Waals surface area contributed by atoms with Gasteiger partial charge in [0.15, 0.2) is 0 Å². The highest BCUT2D eigenvalue weighted by Crippen LogP contribution is 2.29. The van der Waals surface area contributed by atoms with Crippen molar-refractivity contribution in [1.29, 1.82) is 0 Å². The molecule has 4 aromatic carbocycles. The second-order valence-electron chi connectivity index (χ2n) is 9.14. The van der Waals surface area contributed by atoms with E-state index in [9.17, 15) is 21.6 Å². The minimum absolute atomic E-state index is 0.0109. The summed E-state index contributed by atoms with van der Waals surface area (Å²) in [4.78, 5) is 13.0. The number of nitrogens with zero attached hydrogens (tertiary/aromatic N) is 1. The van der Waals surface area contributed by atoms with Crippen LogP contribution in [0.25, 0.3) is 0 Å². The Kier molecular flexibility index (Phi) is 8.91. The number of aryl methyl sites for hydroxylation is 2. The van der Waals surface area contributed by atoms with Crippen LogP contribution in [0.4, 0.5) is 17.1 Å². The van der Waals surface area contributed by atoms with Gasteiger partial charge in [-0.05, 0) is 85.6 Å². The Hall–Kier alpha value is -4.06. The molecule has 0 unspecified atom stereocenters. The number of anilines is 3. The van der Waals surface area contributed by atoms with E-state index in [1.807, 2.05) is 6.92 Å². The van der Waals surface area contributed by atoms with Crippen LogP contribution in [0.1, 0.15) is 11.1 Å². The van der Waals surface area contributed by atoms with Crippen molar-refractivity contribution in [3.8, 4) is 5.75 Å². The zero-order valence-electron chi connectivity index (χ0n) is 22.5. The Morgan fingerprint density at radius 2 is 1.54 bits per heavy atom. The van der Waals surface area contributed by atoms with Crippen molar-refractivity contribution in [3.63, 3.8) is 0 Å². The summed E-state index contributed by atoms with van der Waals surface area (Å²) in [5.74, 6) is -0.271. The van der Waals surface area contributed by atoms with E-state index < -0.39 is 32.5 Å². The molecule has 0 aromatic heterocycles. The lowest BCUT2D eigenvalue weighted by Crippen LogP contribution is -2.38. The van der Waals surface area contributed by atoms with E-state index in [4.69, 9.17) is 16.3 Å². The first-order valence-corrected chi connectivity index (χ1v) is 15.6. The molecule has 0 saturated carbocycles. The van der Waals surface area contributed by atoms with E-state index in [-0.39, 0.29) is 21.2 Å². The molecule has 0 saturated heterocycles. The summed E-state index contributed by atoms with van der Waals surface area (Å²) in [6, 6.07) is 23.1. The number of carbonyl (C=O) groups excluding carboxylic acids is 1. The monoisotopic (exact) mass is 613 g/mol. The lowest BCUT2D eigenvalue weighted by Gasteiger charge is -2.24. The highest BCUT2D eigenvalue weighted by molar-refractivity contribution is 7.93. The van der Waals surface area contributed by atoms with Gasteiger partial charge in [-0.25, -0.2) is 16.8 Å². The number of carbonyl (C=O) groups is 1. The maximum absolute atomic E-state index is 13.5. The van der Waals surface area contributed by atoms with Gasteiger partial charge in [-0.2, -0.15) is 0 Å². The van der Waals surface area contributed by atoms with Gasteiger partial charge >= 0.3 is 0 Å². The average Bonchev–Trinajstić information content (AvgIpc) is 2.94. The quantitative estimate of drug-likeness (QED) is 0.240. The third kappa shape index (κ3) is 6.99. The molecule has 0 spiro atoms. The van der Waals surface area contributed by atoms with Gasteiger partial charge in [0.2, 0.25) is 5.91 Å². The number of hydrogen-bond donors (Lipinski definition) is 2. The lowest BCUT2D eigenvalue weighted by molar-refractivity contribution is -0.114. The van der Waals surface area contributed by atoms with Crippen molar-refractivity contribution in [2.75, 3.05) is 28.0 Å². The van der Waals surface area contributed by atoms with Crippen LogP contribution in [0.5, 0.6) is 5.75 Å². The van der Waals surface area contributed by atoms with E-state index in [1.165, 1.54) is 49.6 Å². The van der Waals surface area contributed by atoms with Crippen molar-refractivity contribution in [1.82, 2.24) is 0 Å². The zero-order chi connectivity index (χ0) is 29.8. The molecule has 0 atom stereocenters. The topological polar surface area (TPSA) is 122 Å². The molecule has 4 rings (SSSR count). The molecular weight excluding hydrogens is 586 g/mol. The third-order valence-electron chi connectivity index (χ3n) is 6.11. The summed E-state index contributed by atoms with van der Waals surface area (Å²) in [5.41, 5.74) is 2.39. The molecule has 0 heterocycles. The van der Waals surface area contributed by atoms with Crippen molar-refractivity contribution >= 4 is 54.6 Å². The number of amides is 1. The van der Waals surface area contributed by atoms with Crippen molar-refractivity contribution < 1.29 is 26.4 Å². The number of hydrogen-bond acceptors (Lipinski definition) is 6. The fraction of sp³-hybridized carbons (Fsp3) is 0.138. The van der Waals surface area contributed by atoms with Crippen LogP contribution in [0.15, 0.2) is 101 Å². The molecule has 0 fully saturated rings.